The molecule has 6 nitrogen and oxygen atoms in total. The number of hydrogen-bond donors (Lipinski definition) is 2. The summed E-state index contributed by atoms with van der Waals surface area (Å²) in [7, 11) is -3.81. The molecule has 1 atom stereocenters. The summed E-state index contributed by atoms with van der Waals surface area (Å²) in [6.45, 7) is 3.70. The number of carbonyl (C=O) groups is 1. The molecule has 0 aliphatic rings. The van der Waals surface area contributed by atoms with Gasteiger partial charge >= 0.3 is 0 Å². The van der Waals surface area contributed by atoms with Gasteiger partial charge in [0.1, 0.15) is 0 Å². The molecule has 0 radical (unpaired) electrons. The molecule has 2 N–H and O–H groups in total. The van der Waals surface area contributed by atoms with Crippen LogP contribution >= 0.6 is 0 Å². The third-order valence-electron chi connectivity index (χ3n) is 4.16. The number of aromatic nitrogens is 1. The number of anilines is 1. The molecule has 0 spiro atoms. The highest BCUT2D eigenvalue weighted by Crippen LogP contribution is 2.19. The van der Waals surface area contributed by atoms with Gasteiger partial charge < -0.3 is 5.32 Å². The molecule has 2 aromatic carbocycles. The van der Waals surface area contributed by atoms with E-state index in [1.165, 1.54) is 12.1 Å². The van der Waals surface area contributed by atoms with Gasteiger partial charge in [0, 0.05) is 17.4 Å². The summed E-state index contributed by atoms with van der Waals surface area (Å²) in [6, 6.07) is 18.2. The Morgan fingerprint density at radius 2 is 1.79 bits per heavy atom. The van der Waals surface area contributed by atoms with Gasteiger partial charge in [0.25, 0.3) is 15.9 Å². The summed E-state index contributed by atoms with van der Waals surface area (Å²) in [6.07, 6.45) is 1.65. The zero-order valence-corrected chi connectivity index (χ0v) is 16.4. The second-order valence-corrected chi connectivity index (χ2v) is 8.13. The molecule has 0 saturated heterocycles. The van der Waals surface area contributed by atoms with Crippen LogP contribution in [0.15, 0.2) is 77.8 Å². The van der Waals surface area contributed by atoms with E-state index >= 15 is 0 Å². The Bertz CT molecular complexity index is 1080. The van der Waals surface area contributed by atoms with Gasteiger partial charge in [-0.15, -0.1) is 0 Å². The first kappa shape index (κ1) is 19.6. The molecule has 0 saturated carbocycles. The van der Waals surface area contributed by atoms with Crippen LogP contribution in [0.1, 0.15) is 34.6 Å². The van der Waals surface area contributed by atoms with Crippen molar-refractivity contribution in [3.8, 4) is 0 Å². The number of aryl methyl sites for hydroxylation is 1. The quantitative estimate of drug-likeness (QED) is 0.666. The van der Waals surface area contributed by atoms with Gasteiger partial charge in [0.2, 0.25) is 0 Å². The minimum Gasteiger partial charge on any atom is -0.344 e. The summed E-state index contributed by atoms with van der Waals surface area (Å²) >= 11 is 0. The van der Waals surface area contributed by atoms with Crippen molar-refractivity contribution in [2.75, 3.05) is 4.72 Å². The van der Waals surface area contributed by atoms with Crippen LogP contribution < -0.4 is 10.0 Å². The van der Waals surface area contributed by atoms with E-state index in [1.807, 2.05) is 32.0 Å². The fourth-order valence-electron chi connectivity index (χ4n) is 2.71. The number of nitrogens with one attached hydrogen (secondary N) is 2. The second kappa shape index (κ2) is 8.22. The number of amides is 1. The first-order chi connectivity index (χ1) is 13.3. The summed E-state index contributed by atoms with van der Waals surface area (Å²) in [5.41, 5.74) is 2.39. The zero-order chi connectivity index (χ0) is 20.1. The average Bonchev–Trinajstić information content (AvgIpc) is 2.68. The average molecular weight is 395 g/mol. The van der Waals surface area contributed by atoms with E-state index in [9.17, 15) is 13.2 Å². The zero-order valence-electron chi connectivity index (χ0n) is 15.6. The number of carbonyl (C=O) groups excluding carboxylic acids is 1. The SMILES string of the molecule is Cc1cccc(NS(=O)(=O)c2cccc(C(=O)NC(C)c3ccccn3)c2)c1. The molecule has 144 valence electrons. The molecule has 0 bridgehead atoms. The Morgan fingerprint density at radius 1 is 1.00 bits per heavy atom. The molecule has 0 fully saturated rings. The number of pyridine rings is 1. The van der Waals surface area contributed by atoms with Crippen molar-refractivity contribution in [3.63, 3.8) is 0 Å². The smallest absolute Gasteiger partial charge is 0.261 e. The van der Waals surface area contributed by atoms with E-state index < -0.39 is 10.0 Å². The lowest BCUT2D eigenvalue weighted by molar-refractivity contribution is 0.0939. The van der Waals surface area contributed by atoms with Crippen LogP contribution in [-0.2, 0) is 10.0 Å². The van der Waals surface area contributed by atoms with E-state index in [2.05, 4.69) is 15.0 Å². The highest BCUT2D eigenvalue weighted by molar-refractivity contribution is 7.92. The standard InChI is InChI=1S/C21H21N3O3S/c1-15-7-5-9-18(13-15)24-28(26,27)19-10-6-8-17(14-19)21(25)23-16(2)20-11-3-4-12-22-20/h3-14,16,24H,1-2H3,(H,23,25). The molecular formula is C21H21N3O3S. The number of benzene rings is 2. The minimum atomic E-state index is -3.81. The third kappa shape index (κ3) is 4.75. The van der Waals surface area contributed by atoms with E-state index in [0.717, 1.165) is 11.3 Å². The normalized spacial score (nSPS) is 12.2. The first-order valence-corrected chi connectivity index (χ1v) is 10.2. The third-order valence-corrected chi connectivity index (χ3v) is 5.53. The van der Waals surface area contributed by atoms with Crippen molar-refractivity contribution >= 4 is 21.6 Å². The van der Waals surface area contributed by atoms with Crippen LogP contribution in [0.3, 0.4) is 0 Å². The molecule has 0 aliphatic carbocycles. The lowest BCUT2D eigenvalue weighted by Gasteiger charge is -2.14. The highest BCUT2D eigenvalue weighted by atomic mass is 32.2. The molecule has 3 aromatic rings. The van der Waals surface area contributed by atoms with Crippen molar-refractivity contribution in [1.29, 1.82) is 0 Å². The van der Waals surface area contributed by atoms with Crippen molar-refractivity contribution in [2.24, 2.45) is 0 Å². The molecular weight excluding hydrogens is 374 g/mol. The molecule has 1 heterocycles. The predicted octanol–water partition coefficient (Wildman–Crippen LogP) is 3.68. The molecule has 28 heavy (non-hydrogen) atoms. The summed E-state index contributed by atoms with van der Waals surface area (Å²) < 4.78 is 27.9. The van der Waals surface area contributed by atoms with Crippen molar-refractivity contribution < 1.29 is 13.2 Å². The van der Waals surface area contributed by atoms with Crippen LogP contribution in [0.4, 0.5) is 5.69 Å². The van der Waals surface area contributed by atoms with Crippen molar-refractivity contribution in [2.45, 2.75) is 24.8 Å². The van der Waals surface area contributed by atoms with Gasteiger partial charge in [-0.2, -0.15) is 0 Å². The Kier molecular flexibility index (Phi) is 5.75. The van der Waals surface area contributed by atoms with E-state index in [4.69, 9.17) is 0 Å². The summed E-state index contributed by atoms with van der Waals surface area (Å²) in [4.78, 5) is 16.8. The molecule has 7 heteroatoms. The number of hydrogen-bond acceptors (Lipinski definition) is 4. The maximum Gasteiger partial charge on any atom is 0.261 e. The Hall–Kier alpha value is -3.19. The number of rotatable bonds is 6. The molecule has 1 aromatic heterocycles. The monoisotopic (exact) mass is 395 g/mol. The number of nitrogens with zero attached hydrogens (tertiary/aromatic N) is 1. The Morgan fingerprint density at radius 3 is 2.50 bits per heavy atom. The van der Waals surface area contributed by atoms with E-state index in [-0.39, 0.29) is 22.4 Å². The Balaban J connectivity index is 1.78. The van der Waals surface area contributed by atoms with Gasteiger partial charge in [0.05, 0.1) is 16.6 Å². The molecule has 3 rings (SSSR count). The van der Waals surface area contributed by atoms with Crippen molar-refractivity contribution in [1.82, 2.24) is 10.3 Å². The highest BCUT2D eigenvalue weighted by Gasteiger charge is 2.18. The largest absolute Gasteiger partial charge is 0.344 e. The summed E-state index contributed by atoms with van der Waals surface area (Å²) in [5, 5.41) is 2.83. The Labute approximate surface area is 164 Å². The van der Waals surface area contributed by atoms with Crippen LogP contribution in [-0.4, -0.2) is 19.3 Å². The van der Waals surface area contributed by atoms with E-state index in [0.29, 0.717) is 5.69 Å². The van der Waals surface area contributed by atoms with Crippen LogP contribution in [0, 0.1) is 6.92 Å². The lowest BCUT2D eigenvalue weighted by atomic mass is 10.1. The van der Waals surface area contributed by atoms with Crippen molar-refractivity contribution in [3.05, 3.63) is 89.7 Å². The maximum absolute atomic E-state index is 12.7. The van der Waals surface area contributed by atoms with Crippen LogP contribution in [0.2, 0.25) is 0 Å². The molecule has 0 aliphatic heterocycles. The topological polar surface area (TPSA) is 88.2 Å². The van der Waals surface area contributed by atoms with Crippen LogP contribution in [0.25, 0.3) is 0 Å². The van der Waals surface area contributed by atoms with Gasteiger partial charge in [-0.3, -0.25) is 14.5 Å². The lowest BCUT2D eigenvalue weighted by Crippen LogP contribution is -2.27. The fourth-order valence-corrected chi connectivity index (χ4v) is 3.81. The van der Waals surface area contributed by atoms with Gasteiger partial charge in [0.15, 0.2) is 0 Å². The maximum atomic E-state index is 12.7. The second-order valence-electron chi connectivity index (χ2n) is 6.45. The first-order valence-electron chi connectivity index (χ1n) is 8.76. The minimum absolute atomic E-state index is 0.0205. The van der Waals surface area contributed by atoms with E-state index in [1.54, 1.807) is 42.6 Å². The number of sulfonamides is 1. The fraction of sp³-hybridized carbons (Fsp3) is 0.143. The predicted molar refractivity (Wildman–Crippen MR) is 109 cm³/mol. The van der Waals surface area contributed by atoms with Gasteiger partial charge in [-0.05, 0) is 61.9 Å². The molecule has 1 unspecified atom stereocenters. The van der Waals surface area contributed by atoms with Gasteiger partial charge in [-0.25, -0.2) is 8.42 Å². The van der Waals surface area contributed by atoms with Gasteiger partial charge in [-0.1, -0.05) is 24.3 Å². The van der Waals surface area contributed by atoms with Crippen LogP contribution in [0.5, 0.6) is 0 Å². The molecule has 1 amide bonds. The summed E-state index contributed by atoms with van der Waals surface area (Å²) in [5.74, 6) is -0.370.